The number of anilines is 1. The third kappa shape index (κ3) is 1.40. The van der Waals surface area contributed by atoms with Crippen molar-refractivity contribution in [3.05, 3.63) is 35.9 Å². The van der Waals surface area contributed by atoms with Gasteiger partial charge < -0.3 is 20.3 Å². The number of hydrogen-bond acceptors (Lipinski definition) is 4. The van der Waals surface area contributed by atoms with Crippen molar-refractivity contribution in [3.8, 4) is 5.75 Å². The molecule has 4 nitrogen and oxygen atoms in total. The lowest BCUT2D eigenvalue weighted by molar-refractivity contribution is -0.308. The molecule has 4 heteroatoms. The van der Waals surface area contributed by atoms with E-state index >= 15 is 0 Å². The molecule has 0 bridgehead atoms. The van der Waals surface area contributed by atoms with Crippen LogP contribution in [0.25, 0.3) is 0 Å². The SMILES string of the molecule is O=C([O-])[C@H]1Nc2c(O)cccc2[C@H]2C=CC[C@@H]12. The van der Waals surface area contributed by atoms with Crippen LogP contribution in [0.1, 0.15) is 17.9 Å². The molecule has 88 valence electrons. The van der Waals surface area contributed by atoms with Gasteiger partial charge in [-0.3, -0.25) is 0 Å². The number of phenols is 1. The van der Waals surface area contributed by atoms with Gasteiger partial charge in [-0.05, 0) is 24.0 Å². The Hall–Kier alpha value is -1.97. The summed E-state index contributed by atoms with van der Waals surface area (Å²) in [4.78, 5) is 11.1. The fraction of sp³-hybridized carbons (Fsp3) is 0.308. The molecule has 2 N–H and O–H groups in total. The number of benzene rings is 1. The van der Waals surface area contributed by atoms with Gasteiger partial charge in [0, 0.05) is 5.92 Å². The second-order valence-electron chi connectivity index (χ2n) is 4.54. The van der Waals surface area contributed by atoms with Crippen molar-refractivity contribution in [3.63, 3.8) is 0 Å². The van der Waals surface area contributed by atoms with Gasteiger partial charge in [-0.1, -0.05) is 24.3 Å². The number of carbonyl (C=O) groups excluding carboxylic acids is 1. The molecule has 0 fully saturated rings. The number of aliphatic carboxylic acids is 1. The van der Waals surface area contributed by atoms with Crippen molar-refractivity contribution in [1.29, 1.82) is 0 Å². The number of carbonyl (C=O) groups is 1. The maximum absolute atomic E-state index is 11.1. The molecule has 1 aromatic rings. The number of phenolic OH excluding ortho intramolecular Hbond substituents is 1. The molecular formula is C13H12NO3-. The Balaban J connectivity index is 2.12. The highest BCUT2D eigenvalue weighted by Crippen LogP contribution is 2.47. The van der Waals surface area contributed by atoms with E-state index in [1.807, 2.05) is 18.2 Å². The minimum Gasteiger partial charge on any atom is -0.548 e. The number of nitrogens with one attached hydrogen (secondary N) is 1. The van der Waals surface area contributed by atoms with Crippen LogP contribution in [0, 0.1) is 5.92 Å². The monoisotopic (exact) mass is 230 g/mol. The van der Waals surface area contributed by atoms with E-state index in [0.717, 1.165) is 12.0 Å². The summed E-state index contributed by atoms with van der Waals surface area (Å²) in [5.74, 6) is -0.986. The van der Waals surface area contributed by atoms with Gasteiger partial charge in [0.1, 0.15) is 5.75 Å². The van der Waals surface area contributed by atoms with Gasteiger partial charge >= 0.3 is 0 Å². The van der Waals surface area contributed by atoms with E-state index < -0.39 is 12.0 Å². The van der Waals surface area contributed by atoms with Crippen LogP contribution in [0.5, 0.6) is 5.75 Å². The zero-order chi connectivity index (χ0) is 12.0. The fourth-order valence-corrected chi connectivity index (χ4v) is 2.84. The number of aromatic hydroxyl groups is 1. The lowest BCUT2D eigenvalue weighted by atomic mass is 9.79. The van der Waals surface area contributed by atoms with E-state index in [9.17, 15) is 15.0 Å². The topological polar surface area (TPSA) is 72.4 Å². The van der Waals surface area contributed by atoms with E-state index in [4.69, 9.17) is 0 Å². The van der Waals surface area contributed by atoms with Crippen LogP contribution in [0.2, 0.25) is 0 Å². The van der Waals surface area contributed by atoms with Crippen molar-refractivity contribution in [2.75, 3.05) is 5.32 Å². The van der Waals surface area contributed by atoms with Crippen LogP contribution < -0.4 is 10.4 Å². The average Bonchev–Trinajstić information content (AvgIpc) is 2.77. The number of carboxylic acids is 1. The van der Waals surface area contributed by atoms with Crippen LogP contribution in [0.3, 0.4) is 0 Å². The first-order valence-corrected chi connectivity index (χ1v) is 5.64. The summed E-state index contributed by atoms with van der Waals surface area (Å²) in [7, 11) is 0. The molecule has 1 aliphatic carbocycles. The van der Waals surface area contributed by atoms with Crippen molar-refractivity contribution < 1.29 is 15.0 Å². The molecule has 17 heavy (non-hydrogen) atoms. The standard InChI is InChI=1S/C13H13NO3/c15-10-6-2-5-8-7-3-1-4-9(7)12(13(16)17)14-11(8)10/h1-3,5-7,9,12,14-15H,4H2,(H,16,17)/p-1/t7-,9-,12+/m1/s1. The molecule has 0 saturated heterocycles. The first kappa shape index (κ1) is 10.2. The number of hydrogen-bond donors (Lipinski definition) is 2. The zero-order valence-electron chi connectivity index (χ0n) is 9.09. The minimum absolute atomic E-state index is 0.0192. The first-order chi connectivity index (χ1) is 8.18. The largest absolute Gasteiger partial charge is 0.548 e. The quantitative estimate of drug-likeness (QED) is 0.547. The second kappa shape index (κ2) is 3.52. The van der Waals surface area contributed by atoms with Crippen LogP contribution in [0.4, 0.5) is 5.69 Å². The van der Waals surface area contributed by atoms with E-state index in [1.54, 1.807) is 12.1 Å². The first-order valence-electron chi connectivity index (χ1n) is 5.64. The normalized spacial score (nSPS) is 29.3. The lowest BCUT2D eigenvalue weighted by Crippen LogP contribution is -2.48. The van der Waals surface area contributed by atoms with Gasteiger partial charge in [0.25, 0.3) is 0 Å². The van der Waals surface area contributed by atoms with Crippen molar-refractivity contribution in [2.45, 2.75) is 18.4 Å². The molecule has 0 unspecified atom stereocenters. The van der Waals surface area contributed by atoms with E-state index in [1.165, 1.54) is 0 Å². The Bertz CT molecular complexity index is 509. The van der Waals surface area contributed by atoms with E-state index in [2.05, 4.69) is 5.32 Å². The summed E-state index contributed by atoms with van der Waals surface area (Å²) >= 11 is 0. The predicted molar refractivity (Wildman–Crippen MR) is 60.5 cm³/mol. The molecule has 0 spiro atoms. The maximum Gasteiger partial charge on any atom is 0.138 e. The second-order valence-corrected chi connectivity index (χ2v) is 4.54. The molecule has 1 aliphatic heterocycles. The van der Waals surface area contributed by atoms with E-state index in [-0.39, 0.29) is 17.6 Å². The van der Waals surface area contributed by atoms with Crippen molar-refractivity contribution in [1.82, 2.24) is 0 Å². The molecule has 0 radical (unpaired) electrons. The highest BCUT2D eigenvalue weighted by molar-refractivity contribution is 5.80. The van der Waals surface area contributed by atoms with Gasteiger partial charge in [-0.25, -0.2) is 0 Å². The number of allylic oxidation sites excluding steroid dienone is 2. The van der Waals surface area contributed by atoms with Crippen molar-refractivity contribution in [2.24, 2.45) is 5.92 Å². The molecule has 3 atom stereocenters. The Morgan fingerprint density at radius 1 is 1.47 bits per heavy atom. The summed E-state index contributed by atoms with van der Waals surface area (Å²) in [6, 6.07) is 4.51. The number of para-hydroxylation sites is 1. The smallest absolute Gasteiger partial charge is 0.138 e. The predicted octanol–water partition coefficient (Wildman–Crippen LogP) is 0.596. The molecule has 1 heterocycles. The number of rotatable bonds is 1. The number of fused-ring (bicyclic) bond motifs is 3. The molecular weight excluding hydrogens is 218 g/mol. The highest BCUT2D eigenvalue weighted by Gasteiger charge is 2.38. The summed E-state index contributed by atoms with van der Waals surface area (Å²) in [6.45, 7) is 0. The van der Waals surface area contributed by atoms with Crippen molar-refractivity contribution >= 4 is 11.7 Å². The summed E-state index contributed by atoms with van der Waals surface area (Å²) in [6.07, 6.45) is 4.73. The maximum atomic E-state index is 11.1. The molecule has 3 rings (SSSR count). The molecule has 0 amide bonds. The number of carboxylic acid groups (broad SMARTS) is 1. The molecule has 0 aromatic heterocycles. The Labute approximate surface area is 98.6 Å². The Kier molecular flexibility index (Phi) is 2.11. The fourth-order valence-electron chi connectivity index (χ4n) is 2.84. The third-order valence-electron chi connectivity index (χ3n) is 3.63. The van der Waals surface area contributed by atoms with Gasteiger partial charge in [-0.15, -0.1) is 0 Å². The molecule has 2 aliphatic rings. The van der Waals surface area contributed by atoms with E-state index in [0.29, 0.717) is 5.69 Å². The van der Waals surface area contributed by atoms with Gasteiger partial charge in [0.15, 0.2) is 0 Å². The van der Waals surface area contributed by atoms with Gasteiger partial charge in [0.2, 0.25) is 0 Å². The van der Waals surface area contributed by atoms with Gasteiger partial charge in [0.05, 0.1) is 17.7 Å². The summed E-state index contributed by atoms with van der Waals surface area (Å²) < 4.78 is 0. The molecule has 0 saturated carbocycles. The third-order valence-corrected chi connectivity index (χ3v) is 3.63. The average molecular weight is 230 g/mol. The highest BCUT2D eigenvalue weighted by atomic mass is 16.4. The summed E-state index contributed by atoms with van der Waals surface area (Å²) in [5, 5.41) is 23.8. The van der Waals surface area contributed by atoms with Crippen LogP contribution >= 0.6 is 0 Å². The minimum atomic E-state index is -1.11. The van der Waals surface area contributed by atoms with Crippen LogP contribution in [0.15, 0.2) is 30.4 Å². The van der Waals surface area contributed by atoms with Crippen LogP contribution in [-0.4, -0.2) is 17.1 Å². The Morgan fingerprint density at radius 3 is 3.06 bits per heavy atom. The zero-order valence-corrected chi connectivity index (χ0v) is 9.09. The lowest BCUT2D eigenvalue weighted by Gasteiger charge is -2.37. The van der Waals surface area contributed by atoms with Crippen LogP contribution in [-0.2, 0) is 4.79 Å². The summed E-state index contributed by atoms with van der Waals surface area (Å²) in [5.41, 5.74) is 1.48. The van der Waals surface area contributed by atoms with Gasteiger partial charge in [-0.2, -0.15) is 0 Å². The Morgan fingerprint density at radius 2 is 2.29 bits per heavy atom. The molecule has 1 aromatic carbocycles.